The van der Waals surface area contributed by atoms with E-state index in [1.165, 1.54) is 70.9 Å². The van der Waals surface area contributed by atoms with Crippen LogP contribution in [0.2, 0.25) is 10.0 Å². The first-order valence-corrected chi connectivity index (χ1v) is 13.9. The van der Waals surface area contributed by atoms with Gasteiger partial charge in [-0.2, -0.15) is 0 Å². The van der Waals surface area contributed by atoms with E-state index in [0.717, 1.165) is 31.2 Å². The number of hydrogen-bond acceptors (Lipinski definition) is 5. The van der Waals surface area contributed by atoms with Gasteiger partial charge < -0.3 is 24.6 Å². The minimum absolute atomic E-state index is 0.333. The predicted octanol–water partition coefficient (Wildman–Crippen LogP) is 6.40. The second-order valence-electron chi connectivity index (χ2n) is 9.76. The van der Waals surface area contributed by atoms with Gasteiger partial charge in [-0.05, 0) is 69.2 Å². The van der Waals surface area contributed by atoms with Crippen LogP contribution in [0.1, 0.15) is 71.1 Å². The summed E-state index contributed by atoms with van der Waals surface area (Å²) >= 11 is 12.1. The quantitative estimate of drug-likeness (QED) is 0.245. The normalized spacial score (nSPS) is 20.9. The van der Waals surface area contributed by atoms with E-state index in [2.05, 4.69) is 11.8 Å². The van der Waals surface area contributed by atoms with Crippen molar-refractivity contribution in [1.29, 1.82) is 0 Å². The van der Waals surface area contributed by atoms with Gasteiger partial charge in [0.2, 0.25) is 0 Å². The van der Waals surface area contributed by atoms with E-state index in [1.54, 1.807) is 12.1 Å². The molecule has 9 heteroatoms. The summed E-state index contributed by atoms with van der Waals surface area (Å²) < 4.78 is 12.6. The molecular formula is C27H41Cl2NO6. The topological polar surface area (TPSA) is 96.3 Å². The average Bonchev–Trinajstić information content (AvgIpc) is 2.87. The molecule has 2 aliphatic rings. The Kier molecular flexibility index (Phi) is 14.5. The van der Waals surface area contributed by atoms with E-state index in [-0.39, 0.29) is 0 Å². The highest BCUT2D eigenvalue weighted by atomic mass is 35.5. The van der Waals surface area contributed by atoms with Gasteiger partial charge in [0.05, 0.1) is 22.8 Å². The van der Waals surface area contributed by atoms with Crippen LogP contribution in [-0.4, -0.2) is 66.0 Å². The molecule has 1 aromatic carbocycles. The molecule has 2 fully saturated rings. The van der Waals surface area contributed by atoms with Crippen LogP contribution in [0, 0.1) is 11.8 Å². The number of carboxylic acid groups (broad SMARTS) is 2. The summed E-state index contributed by atoms with van der Waals surface area (Å²) in [6.07, 6.45) is 13.3. The fourth-order valence-electron chi connectivity index (χ4n) is 4.84. The number of ether oxygens (including phenoxy) is 2. The second-order valence-corrected chi connectivity index (χ2v) is 10.6. The zero-order valence-corrected chi connectivity index (χ0v) is 22.8. The lowest BCUT2D eigenvalue weighted by Gasteiger charge is -2.39. The molecule has 0 unspecified atom stereocenters. The van der Waals surface area contributed by atoms with E-state index in [9.17, 15) is 0 Å². The third-order valence-electron chi connectivity index (χ3n) is 6.96. The smallest absolute Gasteiger partial charge is 0.414 e. The highest BCUT2D eigenvalue weighted by molar-refractivity contribution is 6.42. The largest absolute Gasteiger partial charge is 0.494 e. The van der Waals surface area contributed by atoms with E-state index in [4.69, 9.17) is 52.5 Å². The van der Waals surface area contributed by atoms with Gasteiger partial charge in [0.25, 0.3) is 0 Å². The Morgan fingerprint density at radius 1 is 1.03 bits per heavy atom. The van der Waals surface area contributed by atoms with Gasteiger partial charge in [-0.3, -0.25) is 0 Å². The number of piperidine rings is 1. The monoisotopic (exact) mass is 545 g/mol. The van der Waals surface area contributed by atoms with Crippen molar-refractivity contribution >= 4 is 35.1 Å². The maximum Gasteiger partial charge on any atom is 0.414 e. The fraction of sp³-hybridized carbons (Fsp3) is 0.704. The summed E-state index contributed by atoms with van der Waals surface area (Å²) in [7, 11) is 0. The van der Waals surface area contributed by atoms with Crippen molar-refractivity contribution < 1.29 is 29.3 Å². The summed E-state index contributed by atoms with van der Waals surface area (Å²) in [5.41, 5.74) is 0. The van der Waals surface area contributed by atoms with Crippen molar-refractivity contribution in [2.75, 3.05) is 32.8 Å². The third kappa shape index (κ3) is 11.7. The van der Waals surface area contributed by atoms with Gasteiger partial charge in [0.15, 0.2) is 0 Å². The zero-order valence-electron chi connectivity index (χ0n) is 21.3. The van der Waals surface area contributed by atoms with Crippen LogP contribution >= 0.6 is 23.2 Å². The maximum atomic E-state index is 9.10. The maximum absolute atomic E-state index is 9.10. The Bertz CT molecular complexity index is 790. The summed E-state index contributed by atoms with van der Waals surface area (Å²) in [5.74, 6) is -1.52. The first-order valence-electron chi connectivity index (χ1n) is 13.2. The third-order valence-corrected chi connectivity index (χ3v) is 7.70. The molecule has 1 saturated carbocycles. The minimum Gasteiger partial charge on any atom is -0.494 e. The summed E-state index contributed by atoms with van der Waals surface area (Å²) in [6, 6.07) is 5.49. The molecular weight excluding hydrogens is 505 g/mol. The Balaban J connectivity index is 0.000000678. The Morgan fingerprint density at radius 2 is 1.75 bits per heavy atom. The second kappa shape index (κ2) is 17.1. The summed E-state index contributed by atoms with van der Waals surface area (Å²) in [5, 5.41) is 15.9. The molecule has 0 radical (unpaired) electrons. The standard InChI is InChI=1S/C25H39Cl2NO2.C2H2O4/c1-2-3-7-14-28-15-12-21(13-16-29-22-10-11-23(26)24(27)17-22)25(18-28)30-19-20-8-5-4-6-9-20;3-1(4)2(5)6/h10-11,17,20-21,25H,2-9,12-16,18-19H2,1H3;(H,3,4)(H,5,6)/t21-,25-;/m1./s1. The zero-order chi connectivity index (χ0) is 26.3. The predicted molar refractivity (Wildman–Crippen MR) is 142 cm³/mol. The number of carboxylic acids is 2. The van der Waals surface area contributed by atoms with Gasteiger partial charge in [-0.25, -0.2) is 9.59 Å². The molecule has 0 amide bonds. The number of hydrogen-bond donors (Lipinski definition) is 2. The number of unbranched alkanes of at least 4 members (excludes halogenated alkanes) is 2. The molecule has 204 valence electrons. The number of carbonyl (C=O) groups is 2. The van der Waals surface area contributed by atoms with Gasteiger partial charge in [0, 0.05) is 19.2 Å². The van der Waals surface area contributed by atoms with E-state index >= 15 is 0 Å². The molecule has 1 saturated heterocycles. The van der Waals surface area contributed by atoms with Gasteiger partial charge in [-0.1, -0.05) is 62.2 Å². The lowest BCUT2D eigenvalue weighted by Crippen LogP contribution is -2.46. The van der Waals surface area contributed by atoms with Crippen molar-refractivity contribution in [2.24, 2.45) is 11.8 Å². The van der Waals surface area contributed by atoms with E-state index in [0.29, 0.717) is 28.7 Å². The molecule has 7 nitrogen and oxygen atoms in total. The Morgan fingerprint density at radius 3 is 2.39 bits per heavy atom. The molecule has 0 spiro atoms. The van der Waals surface area contributed by atoms with Crippen molar-refractivity contribution in [3.8, 4) is 5.75 Å². The molecule has 1 heterocycles. The summed E-state index contributed by atoms with van der Waals surface area (Å²) in [6.45, 7) is 7.39. The van der Waals surface area contributed by atoms with Crippen molar-refractivity contribution in [3.63, 3.8) is 0 Å². The van der Waals surface area contributed by atoms with E-state index < -0.39 is 11.9 Å². The van der Waals surface area contributed by atoms with Gasteiger partial charge >= 0.3 is 11.9 Å². The first kappa shape index (κ1) is 30.7. The lowest BCUT2D eigenvalue weighted by atomic mass is 9.88. The lowest BCUT2D eigenvalue weighted by molar-refractivity contribution is -0.159. The van der Waals surface area contributed by atoms with Crippen LogP contribution in [-0.2, 0) is 14.3 Å². The van der Waals surface area contributed by atoms with Crippen LogP contribution in [0.3, 0.4) is 0 Å². The van der Waals surface area contributed by atoms with Crippen LogP contribution < -0.4 is 4.74 Å². The van der Waals surface area contributed by atoms with Crippen LogP contribution in [0.15, 0.2) is 18.2 Å². The Labute approximate surface area is 225 Å². The number of aliphatic carboxylic acids is 2. The molecule has 2 N–H and O–H groups in total. The summed E-state index contributed by atoms with van der Waals surface area (Å²) in [4.78, 5) is 20.8. The molecule has 3 rings (SSSR count). The fourth-order valence-corrected chi connectivity index (χ4v) is 5.13. The van der Waals surface area contributed by atoms with Crippen molar-refractivity contribution in [1.82, 2.24) is 4.90 Å². The van der Waals surface area contributed by atoms with Crippen molar-refractivity contribution in [3.05, 3.63) is 28.2 Å². The highest BCUT2D eigenvalue weighted by Gasteiger charge is 2.30. The molecule has 36 heavy (non-hydrogen) atoms. The average molecular weight is 547 g/mol. The highest BCUT2D eigenvalue weighted by Crippen LogP contribution is 2.30. The molecule has 1 aliphatic heterocycles. The van der Waals surface area contributed by atoms with Crippen LogP contribution in [0.5, 0.6) is 5.75 Å². The van der Waals surface area contributed by atoms with Gasteiger partial charge in [0.1, 0.15) is 5.75 Å². The van der Waals surface area contributed by atoms with Crippen molar-refractivity contribution in [2.45, 2.75) is 77.2 Å². The molecule has 2 atom stereocenters. The first-order chi connectivity index (χ1) is 17.3. The number of nitrogens with zero attached hydrogens (tertiary/aromatic N) is 1. The van der Waals surface area contributed by atoms with E-state index in [1.807, 2.05) is 6.07 Å². The molecule has 0 bridgehead atoms. The molecule has 1 aromatic rings. The molecule has 1 aliphatic carbocycles. The number of halogens is 2. The molecule has 0 aromatic heterocycles. The Hall–Kier alpha value is -1.54. The minimum atomic E-state index is -1.82. The number of rotatable bonds is 11. The number of likely N-dealkylation sites (tertiary alicyclic amines) is 1. The van der Waals surface area contributed by atoms with Gasteiger partial charge in [-0.15, -0.1) is 0 Å². The SMILES string of the molecule is CCCCCN1CC[C@H](CCOc2ccc(Cl)c(Cl)c2)[C@H](OCC2CCCCC2)C1.O=C(O)C(=O)O. The van der Waals surface area contributed by atoms with Crippen LogP contribution in [0.4, 0.5) is 0 Å². The van der Waals surface area contributed by atoms with Crippen LogP contribution in [0.25, 0.3) is 0 Å². The number of benzene rings is 1.